The smallest absolute Gasteiger partial charge is 0.138 e. The van der Waals surface area contributed by atoms with E-state index < -0.39 is 0 Å². The first-order valence-corrected chi connectivity index (χ1v) is 7.04. The first-order chi connectivity index (χ1) is 8.39. The van der Waals surface area contributed by atoms with Crippen molar-refractivity contribution in [2.24, 2.45) is 5.41 Å². The molecule has 100 valence electrons. The van der Waals surface area contributed by atoms with E-state index in [-0.39, 0.29) is 0 Å². The fraction of sp³-hybridized carbons (Fsp3) is 0.714. The Kier molecular flexibility index (Phi) is 3.81. The highest BCUT2D eigenvalue weighted by atomic mass is 35.5. The van der Waals surface area contributed by atoms with Crippen molar-refractivity contribution >= 4 is 17.4 Å². The molecule has 1 N–H and O–H groups in total. The average molecular weight is 268 g/mol. The molecule has 1 aliphatic rings. The van der Waals surface area contributed by atoms with Crippen LogP contribution in [0.25, 0.3) is 0 Å². The van der Waals surface area contributed by atoms with Gasteiger partial charge >= 0.3 is 0 Å². The molecule has 0 aliphatic heterocycles. The largest absolute Gasteiger partial charge is 0.367 e. The molecule has 1 fully saturated rings. The summed E-state index contributed by atoms with van der Waals surface area (Å²) < 4.78 is 0. The van der Waals surface area contributed by atoms with E-state index >= 15 is 0 Å². The van der Waals surface area contributed by atoms with Crippen molar-refractivity contribution in [3.63, 3.8) is 0 Å². The van der Waals surface area contributed by atoms with Gasteiger partial charge in [-0.05, 0) is 30.6 Å². The lowest BCUT2D eigenvalue weighted by Gasteiger charge is -2.20. The molecule has 0 bridgehead atoms. The number of rotatable bonds is 3. The van der Waals surface area contributed by atoms with Crippen LogP contribution < -0.4 is 5.32 Å². The number of anilines is 1. The Labute approximate surface area is 114 Å². The van der Waals surface area contributed by atoms with Gasteiger partial charge in [0.25, 0.3) is 0 Å². The van der Waals surface area contributed by atoms with E-state index in [0.29, 0.717) is 22.5 Å². The van der Waals surface area contributed by atoms with Crippen LogP contribution in [0.4, 0.5) is 5.82 Å². The molecule has 0 amide bonds. The second-order valence-electron chi connectivity index (χ2n) is 6.33. The van der Waals surface area contributed by atoms with Crippen molar-refractivity contribution in [2.75, 3.05) is 5.32 Å². The zero-order valence-corrected chi connectivity index (χ0v) is 12.4. The Morgan fingerprint density at radius 3 is 2.67 bits per heavy atom. The van der Waals surface area contributed by atoms with Gasteiger partial charge in [0.05, 0.1) is 0 Å². The van der Waals surface area contributed by atoms with Crippen LogP contribution in [0.5, 0.6) is 0 Å². The van der Waals surface area contributed by atoms with Gasteiger partial charge < -0.3 is 5.32 Å². The molecule has 0 saturated heterocycles. The molecule has 1 unspecified atom stereocenters. The van der Waals surface area contributed by atoms with Gasteiger partial charge in [0.2, 0.25) is 0 Å². The molecule has 0 aromatic carbocycles. The molecular formula is C14H22ClN3. The molecule has 2 rings (SSSR count). The molecule has 0 radical (unpaired) electrons. The molecule has 1 aromatic heterocycles. The SMILES string of the molecule is CC(C)c1c(Cl)ncnc1NC1CCC(C)(C)C1. The number of halogens is 1. The minimum absolute atomic E-state index is 0.329. The predicted octanol–water partition coefficient (Wildman–Crippen LogP) is 4.24. The van der Waals surface area contributed by atoms with Gasteiger partial charge in [0.15, 0.2) is 0 Å². The van der Waals surface area contributed by atoms with Crippen LogP contribution in [0.2, 0.25) is 5.15 Å². The standard InChI is InChI=1S/C14H22ClN3/c1-9(2)11-12(15)16-8-17-13(11)18-10-5-6-14(3,4)7-10/h8-10H,5-7H2,1-4H3,(H,16,17,18). The summed E-state index contributed by atoms with van der Waals surface area (Å²) in [5.74, 6) is 1.24. The molecule has 4 heteroatoms. The monoisotopic (exact) mass is 267 g/mol. The minimum Gasteiger partial charge on any atom is -0.367 e. The molecular weight excluding hydrogens is 246 g/mol. The van der Waals surface area contributed by atoms with Crippen molar-refractivity contribution in [1.82, 2.24) is 9.97 Å². The van der Waals surface area contributed by atoms with E-state index in [1.165, 1.54) is 25.6 Å². The third kappa shape index (κ3) is 2.94. The molecule has 0 spiro atoms. The Morgan fingerprint density at radius 2 is 2.11 bits per heavy atom. The third-order valence-electron chi connectivity index (χ3n) is 3.72. The van der Waals surface area contributed by atoms with E-state index in [4.69, 9.17) is 11.6 Å². The maximum atomic E-state index is 6.17. The molecule has 18 heavy (non-hydrogen) atoms. The van der Waals surface area contributed by atoms with Crippen LogP contribution in [0.3, 0.4) is 0 Å². The summed E-state index contributed by atoms with van der Waals surface area (Å²) in [4.78, 5) is 8.44. The molecule has 1 saturated carbocycles. The van der Waals surface area contributed by atoms with Gasteiger partial charge in [-0.3, -0.25) is 0 Å². The fourth-order valence-corrected chi connectivity index (χ4v) is 3.10. The summed E-state index contributed by atoms with van der Waals surface area (Å²) in [7, 11) is 0. The highest BCUT2D eigenvalue weighted by Gasteiger charge is 2.31. The molecule has 3 nitrogen and oxygen atoms in total. The molecule has 1 aromatic rings. The van der Waals surface area contributed by atoms with E-state index in [1.807, 2.05) is 0 Å². The lowest BCUT2D eigenvalue weighted by molar-refractivity contribution is 0.378. The Hall–Kier alpha value is -0.830. The lowest BCUT2D eigenvalue weighted by Crippen LogP contribution is -2.20. The fourth-order valence-electron chi connectivity index (χ4n) is 2.75. The summed E-state index contributed by atoms with van der Waals surface area (Å²) in [6, 6.07) is 0.503. The summed E-state index contributed by atoms with van der Waals surface area (Å²) in [6.07, 6.45) is 5.19. The van der Waals surface area contributed by atoms with Gasteiger partial charge in [-0.15, -0.1) is 0 Å². The quantitative estimate of drug-likeness (QED) is 0.832. The number of nitrogens with zero attached hydrogens (tertiary/aromatic N) is 2. The summed E-state index contributed by atoms with van der Waals surface area (Å²) in [6.45, 7) is 8.89. The summed E-state index contributed by atoms with van der Waals surface area (Å²) in [5, 5.41) is 4.12. The van der Waals surface area contributed by atoms with Crippen molar-refractivity contribution < 1.29 is 0 Å². The van der Waals surface area contributed by atoms with Crippen LogP contribution in [0.15, 0.2) is 6.33 Å². The predicted molar refractivity (Wildman–Crippen MR) is 76.2 cm³/mol. The van der Waals surface area contributed by atoms with Crippen LogP contribution in [-0.2, 0) is 0 Å². The minimum atomic E-state index is 0.329. The lowest BCUT2D eigenvalue weighted by atomic mass is 9.92. The molecule has 1 heterocycles. The topological polar surface area (TPSA) is 37.8 Å². The zero-order chi connectivity index (χ0) is 13.3. The summed E-state index contributed by atoms with van der Waals surface area (Å²) >= 11 is 6.17. The second-order valence-corrected chi connectivity index (χ2v) is 6.69. The number of hydrogen-bond donors (Lipinski definition) is 1. The van der Waals surface area contributed by atoms with Gasteiger partial charge in [0, 0.05) is 11.6 Å². The summed E-state index contributed by atoms with van der Waals surface area (Å²) in [5.41, 5.74) is 1.47. The van der Waals surface area contributed by atoms with Crippen molar-refractivity contribution in [3.8, 4) is 0 Å². The van der Waals surface area contributed by atoms with Crippen LogP contribution in [0, 0.1) is 5.41 Å². The van der Waals surface area contributed by atoms with Crippen molar-refractivity contribution in [2.45, 2.75) is 58.9 Å². The van der Waals surface area contributed by atoms with E-state index in [9.17, 15) is 0 Å². The number of nitrogens with one attached hydrogen (secondary N) is 1. The normalized spacial score (nSPS) is 22.4. The van der Waals surface area contributed by atoms with Crippen LogP contribution in [0.1, 0.15) is 58.4 Å². The highest BCUT2D eigenvalue weighted by Crippen LogP contribution is 2.39. The van der Waals surface area contributed by atoms with Gasteiger partial charge in [-0.2, -0.15) is 0 Å². The van der Waals surface area contributed by atoms with Crippen LogP contribution in [-0.4, -0.2) is 16.0 Å². The third-order valence-corrected chi connectivity index (χ3v) is 4.02. The average Bonchev–Trinajstić information content (AvgIpc) is 2.57. The maximum Gasteiger partial charge on any atom is 0.138 e. The van der Waals surface area contributed by atoms with E-state index in [1.54, 1.807) is 0 Å². The first-order valence-electron chi connectivity index (χ1n) is 6.66. The van der Waals surface area contributed by atoms with Gasteiger partial charge in [-0.25, -0.2) is 9.97 Å². The van der Waals surface area contributed by atoms with Crippen molar-refractivity contribution in [3.05, 3.63) is 17.0 Å². The van der Waals surface area contributed by atoms with E-state index in [0.717, 1.165) is 11.4 Å². The highest BCUT2D eigenvalue weighted by molar-refractivity contribution is 6.30. The Balaban J connectivity index is 2.17. The Morgan fingerprint density at radius 1 is 1.39 bits per heavy atom. The van der Waals surface area contributed by atoms with Gasteiger partial charge in [-0.1, -0.05) is 39.3 Å². The molecule has 1 aliphatic carbocycles. The molecule has 1 atom stereocenters. The van der Waals surface area contributed by atoms with Crippen LogP contribution >= 0.6 is 11.6 Å². The first kappa shape index (κ1) is 13.6. The van der Waals surface area contributed by atoms with Gasteiger partial charge in [0.1, 0.15) is 17.3 Å². The zero-order valence-electron chi connectivity index (χ0n) is 11.6. The van der Waals surface area contributed by atoms with E-state index in [2.05, 4.69) is 43.0 Å². The second kappa shape index (κ2) is 5.04. The number of aromatic nitrogens is 2. The number of hydrogen-bond acceptors (Lipinski definition) is 3. The van der Waals surface area contributed by atoms with Crippen molar-refractivity contribution in [1.29, 1.82) is 0 Å². The Bertz CT molecular complexity index is 429. The maximum absolute atomic E-state index is 6.17.